The van der Waals surface area contributed by atoms with Crippen LogP contribution in [0.2, 0.25) is 0 Å². The Kier molecular flexibility index (Phi) is 27.6. The summed E-state index contributed by atoms with van der Waals surface area (Å²) >= 11 is 2.80. The Balaban J connectivity index is 0.000000256. The SMILES string of the molecule is CCCCC1(CC)CN(c2ccccc2)c2cc(SC)c(OCC(=O)N[C@@H](C(=O)NCC(OC)c3ccc(O)c(O)c3)c3ccccc3)cc2S(=O)(=O)C1.CCCCC1(CC)CN(c2ccccc2)c2cc(SC)c(OCC(=O)N[C@@H](C(=O)NCCN)c3ccccc3)cc2S(=O)(=O)C1. The van der Waals surface area contributed by atoms with Crippen LogP contribution in [0.1, 0.15) is 114 Å². The third-order valence-electron chi connectivity index (χ3n) is 18.2. The van der Waals surface area contributed by atoms with Crippen molar-refractivity contribution >= 4 is 89.6 Å². The van der Waals surface area contributed by atoms with Gasteiger partial charge in [0.1, 0.15) is 23.6 Å². The number of amides is 4. The number of thioether (sulfide) groups is 2. The molecule has 5 atom stereocenters. The third kappa shape index (κ3) is 19.6. The number of unbranched alkanes of at least 4 members (excludes halogenated alkanes) is 2. The number of hydrogen-bond donors (Lipinski definition) is 7. The van der Waals surface area contributed by atoms with Crippen LogP contribution in [-0.4, -0.2) is 128 Å². The number of rotatable bonds is 30. The van der Waals surface area contributed by atoms with Crippen molar-refractivity contribution in [3.63, 3.8) is 0 Å². The van der Waals surface area contributed by atoms with Gasteiger partial charge in [0.25, 0.3) is 11.8 Å². The molecule has 2 aliphatic rings. The van der Waals surface area contributed by atoms with E-state index < -0.39 is 79.6 Å². The van der Waals surface area contributed by atoms with Crippen LogP contribution < -0.4 is 46.3 Å². The van der Waals surface area contributed by atoms with Crippen LogP contribution in [0, 0.1) is 10.8 Å². The van der Waals surface area contributed by atoms with Crippen LogP contribution >= 0.6 is 23.5 Å². The number of nitrogens with two attached hydrogens (primary N) is 1. The molecule has 0 aliphatic carbocycles. The molecule has 0 fully saturated rings. The lowest BCUT2D eigenvalue weighted by Crippen LogP contribution is -2.43. The topological polar surface area (TPSA) is 285 Å². The van der Waals surface area contributed by atoms with Gasteiger partial charge >= 0.3 is 0 Å². The number of phenols is 2. The van der Waals surface area contributed by atoms with Gasteiger partial charge < -0.3 is 61.2 Å². The largest absolute Gasteiger partial charge is 0.504 e. The lowest BCUT2D eigenvalue weighted by atomic mass is 9.81. The zero-order valence-electron chi connectivity index (χ0n) is 57.3. The Labute approximate surface area is 591 Å². The molecular formula is C75H93N7O13S4. The number of nitrogens with zero attached hydrogens (tertiary/aromatic N) is 2. The zero-order valence-corrected chi connectivity index (χ0v) is 60.6. The van der Waals surface area contributed by atoms with Crippen LogP contribution in [0.3, 0.4) is 0 Å². The van der Waals surface area contributed by atoms with Gasteiger partial charge in [-0.15, -0.1) is 23.5 Å². The minimum Gasteiger partial charge on any atom is -0.504 e. The van der Waals surface area contributed by atoms with Gasteiger partial charge in [-0.3, -0.25) is 19.2 Å². The van der Waals surface area contributed by atoms with Crippen molar-refractivity contribution in [3.8, 4) is 23.0 Å². The highest BCUT2D eigenvalue weighted by Crippen LogP contribution is 2.49. The highest BCUT2D eigenvalue weighted by molar-refractivity contribution is 7.99. The molecule has 3 unspecified atom stereocenters. The van der Waals surface area contributed by atoms with Gasteiger partial charge in [-0.05, 0) is 103 Å². The molecule has 2 aliphatic heterocycles. The Morgan fingerprint density at radius 2 is 0.970 bits per heavy atom. The second-order valence-electron chi connectivity index (χ2n) is 24.9. The number of anilines is 4. The van der Waals surface area contributed by atoms with Crippen molar-refractivity contribution in [1.29, 1.82) is 0 Å². The minimum absolute atomic E-state index is 0.00290. The number of methoxy groups -OCH3 is 1. The van der Waals surface area contributed by atoms with Gasteiger partial charge in [-0.1, -0.05) is 157 Å². The minimum atomic E-state index is -3.78. The van der Waals surface area contributed by atoms with Crippen LogP contribution in [0.4, 0.5) is 22.7 Å². The summed E-state index contributed by atoms with van der Waals surface area (Å²) in [6.45, 7) is 9.15. The van der Waals surface area contributed by atoms with Gasteiger partial charge in [0.05, 0.1) is 48.6 Å². The standard InChI is InChI=1S/C41H49N3O8S2.C34H44N4O5S2/c1-5-7-20-41(6-2)26-44(30-16-12-9-13-17-30)31-22-36(53-4)34(23-37(31)54(49,50)27-41)52-25-38(47)43-39(28-14-10-8-11-15-28)40(48)42-24-35(51-3)29-18-19-32(45)33(46)21-29;1-4-6-17-34(5-2)23-38(26-15-11-8-12-16-26)27-20-29(44-3)28(21-30(27)45(41,42)24-34)43-22-31(39)37-32(33(40)36-19-18-35)25-13-9-7-10-14-25/h8-19,21-23,35,39,45-46H,5-7,20,24-27H2,1-4H3,(H,42,48)(H,43,47);7-16,20-21,32H,4-6,17-19,22-24,35H2,1-3H3,(H,36,40)(H,37,39)/t35?,39-,41?;32-,34?/m11/s1. The van der Waals surface area contributed by atoms with E-state index in [0.717, 1.165) is 56.3 Å². The summed E-state index contributed by atoms with van der Waals surface area (Å²) in [4.78, 5) is 59.0. The fraction of sp³-hybridized carbons (Fsp3) is 0.387. The number of ether oxygens (including phenoxy) is 3. The number of para-hydroxylation sites is 2. The summed E-state index contributed by atoms with van der Waals surface area (Å²) in [5, 5.41) is 30.7. The molecule has 0 saturated heterocycles. The van der Waals surface area contributed by atoms with Crippen molar-refractivity contribution in [1.82, 2.24) is 21.3 Å². The molecule has 24 heteroatoms. The molecule has 0 saturated carbocycles. The summed E-state index contributed by atoms with van der Waals surface area (Å²) in [7, 11) is -6.05. The molecule has 99 heavy (non-hydrogen) atoms. The highest BCUT2D eigenvalue weighted by atomic mass is 32.2. The number of sulfone groups is 2. The smallest absolute Gasteiger partial charge is 0.258 e. The summed E-state index contributed by atoms with van der Waals surface area (Å²) < 4.78 is 74.4. The monoisotopic (exact) mass is 1430 g/mol. The average molecular weight is 1430 g/mol. The Hall–Kier alpha value is -8.26. The molecule has 0 radical (unpaired) electrons. The van der Waals surface area contributed by atoms with E-state index in [4.69, 9.17) is 19.9 Å². The van der Waals surface area contributed by atoms with E-state index in [0.29, 0.717) is 63.1 Å². The number of nitrogens with one attached hydrogen (secondary N) is 4. The van der Waals surface area contributed by atoms with E-state index in [9.17, 15) is 46.2 Å². The third-order valence-corrected chi connectivity index (χ3v) is 23.7. The van der Waals surface area contributed by atoms with Crippen LogP contribution in [-0.2, 0) is 43.6 Å². The molecule has 0 spiro atoms. The summed E-state index contributed by atoms with van der Waals surface area (Å²) in [5.74, 6) is -2.02. The molecule has 7 aromatic rings. The van der Waals surface area contributed by atoms with Crippen molar-refractivity contribution in [2.75, 3.05) is 86.9 Å². The number of phenolic OH excluding ortho intramolecular Hbond substituents is 2. The predicted octanol–water partition coefficient (Wildman–Crippen LogP) is 12.3. The van der Waals surface area contributed by atoms with E-state index in [-0.39, 0.29) is 64.1 Å². The Morgan fingerprint density at radius 1 is 0.556 bits per heavy atom. The van der Waals surface area contributed by atoms with Crippen molar-refractivity contribution in [3.05, 3.63) is 180 Å². The first kappa shape index (κ1) is 76.5. The van der Waals surface area contributed by atoms with E-state index >= 15 is 0 Å². The first-order valence-corrected chi connectivity index (χ1v) is 39.1. The second kappa shape index (κ2) is 35.7. The van der Waals surface area contributed by atoms with E-state index in [1.54, 1.807) is 72.8 Å². The van der Waals surface area contributed by atoms with Gasteiger partial charge in [-0.2, -0.15) is 0 Å². The normalized spacial score (nSPS) is 17.7. The molecule has 9 rings (SSSR count). The van der Waals surface area contributed by atoms with Crippen LogP contribution in [0.5, 0.6) is 23.0 Å². The fourth-order valence-electron chi connectivity index (χ4n) is 12.5. The lowest BCUT2D eigenvalue weighted by Gasteiger charge is -2.36. The van der Waals surface area contributed by atoms with E-state index in [1.165, 1.54) is 42.8 Å². The predicted molar refractivity (Wildman–Crippen MR) is 392 cm³/mol. The van der Waals surface area contributed by atoms with E-state index in [2.05, 4.69) is 58.8 Å². The van der Waals surface area contributed by atoms with Gasteiger partial charge in [0.2, 0.25) is 11.8 Å². The molecule has 7 aromatic carbocycles. The maximum Gasteiger partial charge on any atom is 0.258 e. The average Bonchev–Trinajstić information content (AvgIpc) is 1.64. The summed E-state index contributed by atoms with van der Waals surface area (Å²) in [6, 6.07) is 46.4. The maximum absolute atomic E-state index is 14.3. The molecule has 530 valence electrons. The Morgan fingerprint density at radius 3 is 1.34 bits per heavy atom. The van der Waals surface area contributed by atoms with Gasteiger partial charge in [0, 0.05) is 74.2 Å². The summed E-state index contributed by atoms with van der Waals surface area (Å²) in [6.07, 6.45) is 9.90. The van der Waals surface area contributed by atoms with E-state index in [1.807, 2.05) is 91.4 Å². The highest BCUT2D eigenvalue weighted by Gasteiger charge is 2.44. The molecule has 8 N–H and O–H groups in total. The van der Waals surface area contributed by atoms with Crippen LogP contribution in [0.25, 0.3) is 0 Å². The number of hydrogen-bond acceptors (Lipinski definition) is 18. The molecule has 0 bridgehead atoms. The number of fused-ring (bicyclic) bond motifs is 2. The van der Waals surface area contributed by atoms with Gasteiger partial charge in [0.15, 0.2) is 44.4 Å². The number of aromatic hydroxyl groups is 2. The fourth-order valence-corrected chi connectivity index (χ4v) is 18.0. The first-order valence-electron chi connectivity index (χ1n) is 33.4. The molecule has 0 aromatic heterocycles. The lowest BCUT2D eigenvalue weighted by molar-refractivity contribution is -0.130. The van der Waals surface area contributed by atoms with Crippen molar-refractivity contribution in [2.45, 2.75) is 117 Å². The zero-order chi connectivity index (χ0) is 71.3. The van der Waals surface area contributed by atoms with Crippen molar-refractivity contribution < 1.29 is 60.4 Å². The first-order chi connectivity index (χ1) is 47.6. The Bertz CT molecular complexity index is 4090. The molecular weight excluding hydrogens is 1340 g/mol. The number of benzene rings is 7. The number of carbonyl (C=O) groups excluding carboxylic acids is 4. The summed E-state index contributed by atoms with van der Waals surface area (Å²) in [5.41, 5.74) is 9.33. The van der Waals surface area contributed by atoms with Gasteiger partial charge in [-0.25, -0.2) is 16.8 Å². The second-order valence-corrected chi connectivity index (χ2v) is 30.5. The molecule has 4 amide bonds. The van der Waals surface area contributed by atoms with Crippen molar-refractivity contribution in [2.24, 2.45) is 16.6 Å². The quantitative estimate of drug-likeness (QED) is 0.0163. The number of carbonyl (C=O) groups is 4. The molecule has 20 nitrogen and oxygen atoms in total. The van der Waals surface area contributed by atoms with Crippen LogP contribution in [0.15, 0.2) is 183 Å². The maximum atomic E-state index is 14.3. The molecule has 2 heterocycles.